The number of methoxy groups -OCH3 is 1. The van der Waals surface area contributed by atoms with Crippen LogP contribution in [0.1, 0.15) is 51.0 Å². The van der Waals surface area contributed by atoms with Gasteiger partial charge in [0.25, 0.3) is 0 Å². The van der Waals surface area contributed by atoms with Crippen molar-refractivity contribution in [2.75, 3.05) is 7.11 Å². The summed E-state index contributed by atoms with van der Waals surface area (Å²) >= 11 is 0. The first-order valence-electron chi connectivity index (χ1n) is 10.9. The molecular formula is C26H30F2O. The normalized spacial score (nSPS) is 23.2. The minimum atomic E-state index is -0.935. The zero-order chi connectivity index (χ0) is 20.4. The van der Waals surface area contributed by atoms with Crippen molar-refractivity contribution in [2.24, 2.45) is 17.8 Å². The standard InChI is InChI=1S/C26H30F2O/c1-3-4-18-11-13-22-19(12-14-21(18)22)8-5-17-6-9-20(10-7-17)23-15-16-24(29-2)26(28)25(23)27/h6-7,9-10,12,15-16,18,21-22H,3-5,8,11,13-14H2,1-2H3. The molecule has 1 saturated carbocycles. The summed E-state index contributed by atoms with van der Waals surface area (Å²) in [6.45, 7) is 2.30. The van der Waals surface area contributed by atoms with E-state index in [2.05, 4.69) is 13.0 Å². The van der Waals surface area contributed by atoms with Crippen LogP contribution in [0.4, 0.5) is 8.78 Å². The molecule has 0 radical (unpaired) electrons. The van der Waals surface area contributed by atoms with Crippen molar-refractivity contribution in [3.63, 3.8) is 0 Å². The minimum Gasteiger partial charge on any atom is -0.494 e. The molecule has 3 heteroatoms. The Hall–Kier alpha value is -2.16. The molecular weight excluding hydrogens is 366 g/mol. The van der Waals surface area contributed by atoms with Gasteiger partial charge in [-0.25, -0.2) is 4.39 Å². The van der Waals surface area contributed by atoms with Gasteiger partial charge >= 0.3 is 0 Å². The predicted octanol–water partition coefficient (Wildman–Crippen LogP) is 7.35. The molecule has 2 aromatic rings. The largest absolute Gasteiger partial charge is 0.494 e. The second-order valence-corrected chi connectivity index (χ2v) is 8.55. The number of rotatable bonds is 7. The zero-order valence-corrected chi connectivity index (χ0v) is 17.4. The highest BCUT2D eigenvalue weighted by Crippen LogP contribution is 2.50. The summed E-state index contributed by atoms with van der Waals surface area (Å²) in [6, 6.07) is 10.9. The van der Waals surface area contributed by atoms with Gasteiger partial charge in [-0.1, -0.05) is 55.7 Å². The molecule has 0 aromatic heterocycles. The van der Waals surface area contributed by atoms with Gasteiger partial charge in [0, 0.05) is 5.56 Å². The Morgan fingerprint density at radius 2 is 1.76 bits per heavy atom. The van der Waals surface area contributed by atoms with Crippen molar-refractivity contribution >= 4 is 0 Å². The lowest BCUT2D eigenvalue weighted by Gasteiger charge is -2.19. The van der Waals surface area contributed by atoms with Crippen LogP contribution in [0, 0.1) is 29.4 Å². The molecule has 0 bridgehead atoms. The third-order valence-electron chi connectivity index (χ3n) is 6.99. The molecule has 0 N–H and O–H groups in total. The van der Waals surface area contributed by atoms with Crippen molar-refractivity contribution in [2.45, 2.75) is 51.9 Å². The molecule has 29 heavy (non-hydrogen) atoms. The van der Waals surface area contributed by atoms with E-state index in [0.717, 1.165) is 30.6 Å². The highest BCUT2D eigenvalue weighted by molar-refractivity contribution is 5.65. The highest BCUT2D eigenvalue weighted by atomic mass is 19.2. The van der Waals surface area contributed by atoms with Crippen molar-refractivity contribution in [1.82, 2.24) is 0 Å². The van der Waals surface area contributed by atoms with Gasteiger partial charge in [-0.15, -0.1) is 0 Å². The van der Waals surface area contributed by atoms with Gasteiger partial charge < -0.3 is 4.74 Å². The quantitative estimate of drug-likeness (QED) is 0.445. The molecule has 2 aliphatic rings. The first kappa shape index (κ1) is 20.1. The molecule has 0 spiro atoms. The Balaban J connectivity index is 1.39. The van der Waals surface area contributed by atoms with Crippen LogP contribution in [0.25, 0.3) is 11.1 Å². The number of fused-ring (bicyclic) bond motifs is 1. The maximum absolute atomic E-state index is 14.3. The van der Waals surface area contributed by atoms with E-state index in [1.165, 1.54) is 50.8 Å². The molecule has 1 fully saturated rings. The van der Waals surface area contributed by atoms with Crippen LogP contribution in [0.3, 0.4) is 0 Å². The summed E-state index contributed by atoms with van der Waals surface area (Å²) < 4.78 is 33.2. The summed E-state index contributed by atoms with van der Waals surface area (Å²) in [4.78, 5) is 0. The Kier molecular flexibility index (Phi) is 6.03. The predicted molar refractivity (Wildman–Crippen MR) is 114 cm³/mol. The van der Waals surface area contributed by atoms with Gasteiger partial charge in [-0.3, -0.25) is 0 Å². The molecule has 2 aliphatic carbocycles. The fourth-order valence-electron chi connectivity index (χ4n) is 5.47. The molecule has 0 saturated heterocycles. The summed E-state index contributed by atoms with van der Waals surface area (Å²) in [5, 5.41) is 0. The van der Waals surface area contributed by atoms with Crippen LogP contribution in [-0.2, 0) is 6.42 Å². The average Bonchev–Trinajstić information content (AvgIpc) is 3.32. The molecule has 0 heterocycles. The smallest absolute Gasteiger partial charge is 0.201 e. The topological polar surface area (TPSA) is 9.23 Å². The Labute approximate surface area is 172 Å². The second kappa shape index (κ2) is 8.69. The SMILES string of the molecule is CCCC1CCC2C(CCc3ccc(-c4ccc(OC)c(F)c4F)cc3)=CCC12. The number of benzene rings is 2. The van der Waals surface area contributed by atoms with E-state index in [1.807, 2.05) is 24.3 Å². The second-order valence-electron chi connectivity index (χ2n) is 8.55. The van der Waals surface area contributed by atoms with Crippen LogP contribution in [0.15, 0.2) is 48.0 Å². The fourth-order valence-corrected chi connectivity index (χ4v) is 5.47. The van der Waals surface area contributed by atoms with Gasteiger partial charge in [0.1, 0.15) is 0 Å². The van der Waals surface area contributed by atoms with E-state index < -0.39 is 11.6 Å². The van der Waals surface area contributed by atoms with E-state index in [0.29, 0.717) is 5.56 Å². The van der Waals surface area contributed by atoms with Crippen LogP contribution in [-0.4, -0.2) is 7.11 Å². The summed E-state index contributed by atoms with van der Waals surface area (Å²) in [5.74, 6) is 0.760. The molecule has 0 amide bonds. The Morgan fingerprint density at radius 3 is 2.48 bits per heavy atom. The van der Waals surface area contributed by atoms with E-state index in [4.69, 9.17) is 4.74 Å². The van der Waals surface area contributed by atoms with E-state index in [1.54, 1.807) is 11.6 Å². The van der Waals surface area contributed by atoms with E-state index >= 15 is 0 Å². The maximum atomic E-state index is 14.3. The summed E-state index contributed by atoms with van der Waals surface area (Å²) in [6.07, 6.45) is 11.3. The zero-order valence-electron chi connectivity index (χ0n) is 17.4. The monoisotopic (exact) mass is 396 g/mol. The third-order valence-corrected chi connectivity index (χ3v) is 6.99. The Bertz CT molecular complexity index is 884. The molecule has 2 aromatic carbocycles. The minimum absolute atomic E-state index is 0.0703. The van der Waals surface area contributed by atoms with Crippen molar-refractivity contribution < 1.29 is 13.5 Å². The number of ether oxygens (including phenoxy) is 1. The molecule has 3 unspecified atom stereocenters. The van der Waals surface area contributed by atoms with Gasteiger partial charge in [0.2, 0.25) is 5.82 Å². The first-order valence-corrected chi connectivity index (χ1v) is 10.9. The number of allylic oxidation sites excluding steroid dienone is 2. The van der Waals surface area contributed by atoms with Gasteiger partial charge in [-0.05, 0) is 73.1 Å². The van der Waals surface area contributed by atoms with Crippen molar-refractivity contribution in [1.29, 1.82) is 0 Å². The molecule has 3 atom stereocenters. The molecule has 0 aliphatic heterocycles. The van der Waals surface area contributed by atoms with E-state index in [9.17, 15) is 8.78 Å². The number of halogens is 2. The molecule has 154 valence electrons. The first-order chi connectivity index (χ1) is 14.1. The van der Waals surface area contributed by atoms with E-state index in [-0.39, 0.29) is 11.3 Å². The van der Waals surface area contributed by atoms with Gasteiger partial charge in [-0.2, -0.15) is 4.39 Å². The lowest BCUT2D eigenvalue weighted by Crippen LogP contribution is -2.11. The number of hydrogen-bond acceptors (Lipinski definition) is 1. The summed E-state index contributed by atoms with van der Waals surface area (Å²) in [7, 11) is 1.34. The van der Waals surface area contributed by atoms with Crippen LogP contribution in [0.2, 0.25) is 0 Å². The van der Waals surface area contributed by atoms with Crippen LogP contribution >= 0.6 is 0 Å². The molecule has 1 nitrogen and oxygen atoms in total. The van der Waals surface area contributed by atoms with Crippen LogP contribution < -0.4 is 4.74 Å². The van der Waals surface area contributed by atoms with Gasteiger partial charge in [0.05, 0.1) is 7.11 Å². The van der Waals surface area contributed by atoms with Gasteiger partial charge in [0.15, 0.2) is 11.6 Å². The highest BCUT2D eigenvalue weighted by Gasteiger charge is 2.39. The third kappa shape index (κ3) is 3.97. The average molecular weight is 397 g/mol. The molecule has 4 rings (SSSR count). The van der Waals surface area contributed by atoms with Crippen molar-refractivity contribution in [3.8, 4) is 16.9 Å². The lowest BCUT2D eigenvalue weighted by molar-refractivity contribution is 0.338. The number of aryl methyl sites for hydroxylation is 1. The number of hydrogen-bond donors (Lipinski definition) is 0. The summed E-state index contributed by atoms with van der Waals surface area (Å²) in [5.41, 5.74) is 3.85. The fraction of sp³-hybridized carbons (Fsp3) is 0.462. The van der Waals surface area contributed by atoms with Crippen LogP contribution in [0.5, 0.6) is 5.75 Å². The Morgan fingerprint density at radius 1 is 0.966 bits per heavy atom. The lowest BCUT2D eigenvalue weighted by atomic mass is 9.85. The van der Waals surface area contributed by atoms with Crippen molar-refractivity contribution in [3.05, 3.63) is 65.2 Å². The maximum Gasteiger partial charge on any atom is 0.201 e.